The standard InChI is InChI=1S/C18H31N3O3/c1-14-5-6-17(24-14)15(2)21-18(19-3)20-9-4-10-23-13-16-7-11-22-12-8-16/h5-6,15-16H,4,7-13H2,1-3H3,(H2,19,20,21). The smallest absolute Gasteiger partial charge is 0.191 e. The van der Waals surface area contributed by atoms with E-state index in [0.717, 1.165) is 69.7 Å². The van der Waals surface area contributed by atoms with Crippen molar-refractivity contribution in [3.8, 4) is 0 Å². The Bertz CT molecular complexity index is 495. The maximum Gasteiger partial charge on any atom is 0.191 e. The molecule has 1 unspecified atom stereocenters. The fourth-order valence-corrected chi connectivity index (χ4v) is 2.70. The van der Waals surface area contributed by atoms with E-state index in [1.807, 2.05) is 19.1 Å². The summed E-state index contributed by atoms with van der Waals surface area (Å²) in [6.07, 6.45) is 3.20. The highest BCUT2D eigenvalue weighted by Gasteiger charge is 2.13. The molecule has 1 saturated heterocycles. The van der Waals surface area contributed by atoms with Gasteiger partial charge in [-0.3, -0.25) is 4.99 Å². The average Bonchev–Trinajstić information content (AvgIpc) is 3.04. The summed E-state index contributed by atoms with van der Waals surface area (Å²) in [4.78, 5) is 4.25. The molecule has 1 aliphatic rings. The van der Waals surface area contributed by atoms with Crippen LogP contribution in [-0.2, 0) is 9.47 Å². The SMILES string of the molecule is CN=C(NCCCOCC1CCOCC1)NC(C)c1ccc(C)o1. The van der Waals surface area contributed by atoms with Crippen LogP contribution in [0.2, 0.25) is 0 Å². The van der Waals surface area contributed by atoms with E-state index in [1.165, 1.54) is 0 Å². The first kappa shape index (κ1) is 18.8. The van der Waals surface area contributed by atoms with Crippen molar-refractivity contribution in [1.29, 1.82) is 0 Å². The van der Waals surface area contributed by atoms with Crippen LogP contribution in [0.4, 0.5) is 0 Å². The van der Waals surface area contributed by atoms with Crippen LogP contribution in [0.15, 0.2) is 21.5 Å². The molecule has 1 aliphatic heterocycles. The predicted molar refractivity (Wildman–Crippen MR) is 95.3 cm³/mol. The summed E-state index contributed by atoms with van der Waals surface area (Å²) >= 11 is 0. The number of hydrogen-bond donors (Lipinski definition) is 2. The summed E-state index contributed by atoms with van der Waals surface area (Å²) in [6.45, 7) is 8.22. The van der Waals surface area contributed by atoms with Crippen LogP contribution >= 0.6 is 0 Å². The Kier molecular flexibility index (Phi) is 8.12. The third-order valence-electron chi connectivity index (χ3n) is 4.22. The first-order valence-corrected chi connectivity index (χ1v) is 8.88. The molecule has 0 amide bonds. The second kappa shape index (κ2) is 10.4. The molecule has 1 aromatic heterocycles. The minimum atomic E-state index is 0.0784. The topological polar surface area (TPSA) is 68.0 Å². The Morgan fingerprint density at radius 2 is 2.17 bits per heavy atom. The zero-order chi connectivity index (χ0) is 17.2. The minimum absolute atomic E-state index is 0.0784. The normalized spacial score (nSPS) is 17.7. The molecule has 0 saturated carbocycles. The van der Waals surface area contributed by atoms with Crippen LogP contribution in [0.25, 0.3) is 0 Å². The van der Waals surface area contributed by atoms with E-state index in [0.29, 0.717) is 5.92 Å². The van der Waals surface area contributed by atoms with Gasteiger partial charge in [0, 0.05) is 40.0 Å². The first-order valence-electron chi connectivity index (χ1n) is 8.88. The zero-order valence-corrected chi connectivity index (χ0v) is 15.1. The van der Waals surface area contributed by atoms with Crippen molar-refractivity contribution in [2.45, 2.75) is 39.2 Å². The fraction of sp³-hybridized carbons (Fsp3) is 0.722. The number of aliphatic imine (C=N–C) groups is 1. The van der Waals surface area contributed by atoms with Crippen molar-refractivity contribution in [2.24, 2.45) is 10.9 Å². The van der Waals surface area contributed by atoms with Gasteiger partial charge in [0.25, 0.3) is 0 Å². The number of rotatable bonds is 8. The number of aryl methyl sites for hydroxylation is 1. The van der Waals surface area contributed by atoms with E-state index in [1.54, 1.807) is 7.05 Å². The van der Waals surface area contributed by atoms with Crippen LogP contribution in [0.1, 0.15) is 43.7 Å². The molecule has 1 fully saturated rings. The van der Waals surface area contributed by atoms with Crippen molar-refractivity contribution in [1.82, 2.24) is 10.6 Å². The van der Waals surface area contributed by atoms with Gasteiger partial charge < -0.3 is 24.5 Å². The maximum absolute atomic E-state index is 5.77. The van der Waals surface area contributed by atoms with E-state index in [2.05, 4.69) is 22.5 Å². The molecule has 136 valence electrons. The summed E-state index contributed by atoms with van der Waals surface area (Å²) in [7, 11) is 1.77. The van der Waals surface area contributed by atoms with E-state index < -0.39 is 0 Å². The van der Waals surface area contributed by atoms with E-state index in [9.17, 15) is 0 Å². The van der Waals surface area contributed by atoms with Gasteiger partial charge in [0.15, 0.2) is 5.96 Å². The molecule has 2 rings (SSSR count). The van der Waals surface area contributed by atoms with Gasteiger partial charge in [-0.05, 0) is 51.2 Å². The number of nitrogens with zero attached hydrogens (tertiary/aromatic N) is 1. The lowest BCUT2D eigenvalue weighted by Gasteiger charge is -2.21. The Labute approximate surface area is 145 Å². The van der Waals surface area contributed by atoms with Crippen molar-refractivity contribution in [2.75, 3.05) is 40.0 Å². The van der Waals surface area contributed by atoms with Crippen molar-refractivity contribution in [3.63, 3.8) is 0 Å². The lowest BCUT2D eigenvalue weighted by Crippen LogP contribution is -2.39. The van der Waals surface area contributed by atoms with E-state index in [4.69, 9.17) is 13.9 Å². The Balaban J connectivity index is 1.56. The molecule has 0 bridgehead atoms. The summed E-state index contributed by atoms with van der Waals surface area (Å²) in [5.41, 5.74) is 0. The zero-order valence-electron chi connectivity index (χ0n) is 15.1. The lowest BCUT2D eigenvalue weighted by molar-refractivity contribution is 0.0203. The summed E-state index contributed by atoms with van der Waals surface area (Å²) in [5, 5.41) is 6.64. The maximum atomic E-state index is 5.77. The number of hydrogen-bond acceptors (Lipinski definition) is 4. The van der Waals surface area contributed by atoms with E-state index >= 15 is 0 Å². The van der Waals surface area contributed by atoms with Gasteiger partial charge in [-0.25, -0.2) is 0 Å². The molecule has 2 N–H and O–H groups in total. The molecule has 1 aromatic rings. The predicted octanol–water partition coefficient (Wildman–Crippen LogP) is 2.65. The van der Waals surface area contributed by atoms with Crippen molar-refractivity contribution in [3.05, 3.63) is 23.7 Å². The Morgan fingerprint density at radius 3 is 2.83 bits per heavy atom. The van der Waals surface area contributed by atoms with Crippen molar-refractivity contribution < 1.29 is 13.9 Å². The highest BCUT2D eigenvalue weighted by Crippen LogP contribution is 2.15. The van der Waals surface area contributed by atoms with Crippen molar-refractivity contribution >= 4 is 5.96 Å². The summed E-state index contributed by atoms with van der Waals surface area (Å²) < 4.78 is 16.8. The fourth-order valence-electron chi connectivity index (χ4n) is 2.70. The first-order chi connectivity index (χ1) is 11.7. The Morgan fingerprint density at radius 1 is 1.38 bits per heavy atom. The second-order valence-corrected chi connectivity index (χ2v) is 6.30. The molecular weight excluding hydrogens is 306 g/mol. The molecule has 24 heavy (non-hydrogen) atoms. The van der Waals surface area contributed by atoms with E-state index in [-0.39, 0.29) is 6.04 Å². The summed E-state index contributed by atoms with van der Waals surface area (Å²) in [5.74, 6) is 3.28. The van der Waals surface area contributed by atoms with Gasteiger partial charge in [-0.1, -0.05) is 0 Å². The monoisotopic (exact) mass is 337 g/mol. The van der Waals surface area contributed by atoms with Gasteiger partial charge >= 0.3 is 0 Å². The average molecular weight is 337 g/mol. The van der Waals surface area contributed by atoms with Gasteiger partial charge in [-0.2, -0.15) is 0 Å². The molecule has 6 heteroatoms. The number of nitrogens with one attached hydrogen (secondary N) is 2. The largest absolute Gasteiger partial charge is 0.464 e. The molecular formula is C18H31N3O3. The van der Waals surface area contributed by atoms with Crippen LogP contribution in [0.3, 0.4) is 0 Å². The number of ether oxygens (including phenoxy) is 2. The van der Waals surface area contributed by atoms with Crippen LogP contribution in [0, 0.1) is 12.8 Å². The van der Waals surface area contributed by atoms with Gasteiger partial charge in [0.2, 0.25) is 0 Å². The summed E-state index contributed by atoms with van der Waals surface area (Å²) in [6, 6.07) is 4.04. The molecule has 2 heterocycles. The van der Waals surface area contributed by atoms with Crippen LogP contribution in [0.5, 0.6) is 0 Å². The number of guanidine groups is 1. The molecule has 0 aliphatic carbocycles. The second-order valence-electron chi connectivity index (χ2n) is 6.30. The molecule has 1 atom stereocenters. The lowest BCUT2D eigenvalue weighted by atomic mass is 10.0. The molecule has 0 radical (unpaired) electrons. The third kappa shape index (κ3) is 6.53. The molecule has 0 spiro atoms. The quantitative estimate of drug-likeness (QED) is 0.434. The highest BCUT2D eigenvalue weighted by molar-refractivity contribution is 5.79. The van der Waals surface area contributed by atoms with Gasteiger partial charge in [0.1, 0.15) is 11.5 Å². The molecule has 0 aromatic carbocycles. The third-order valence-corrected chi connectivity index (χ3v) is 4.22. The van der Waals surface area contributed by atoms with Crippen LogP contribution < -0.4 is 10.6 Å². The Hall–Kier alpha value is -1.53. The minimum Gasteiger partial charge on any atom is -0.464 e. The number of furan rings is 1. The molecule has 6 nitrogen and oxygen atoms in total. The van der Waals surface area contributed by atoms with Crippen LogP contribution in [-0.4, -0.2) is 46.0 Å². The van der Waals surface area contributed by atoms with Gasteiger partial charge in [0.05, 0.1) is 6.04 Å². The van der Waals surface area contributed by atoms with Gasteiger partial charge in [-0.15, -0.1) is 0 Å². The highest BCUT2D eigenvalue weighted by atomic mass is 16.5.